The lowest BCUT2D eigenvalue weighted by molar-refractivity contribution is 0.0808. The Hall–Kier alpha value is -4.00. The number of benzene rings is 3. The molecule has 0 aliphatic carbocycles. The zero-order valence-corrected chi connectivity index (χ0v) is 15.7. The van der Waals surface area contributed by atoms with Crippen LogP contribution in [0.2, 0.25) is 0 Å². The first-order chi connectivity index (χ1) is 14.3. The van der Waals surface area contributed by atoms with Crippen molar-refractivity contribution >= 4 is 11.6 Å². The molecular weight excluding hydrogens is 388 g/mol. The highest BCUT2D eigenvalue weighted by atomic mass is 16.5. The van der Waals surface area contributed by atoms with Gasteiger partial charge in [-0.1, -0.05) is 12.1 Å². The Labute approximate surface area is 171 Å². The van der Waals surface area contributed by atoms with E-state index < -0.39 is 23.4 Å². The zero-order valence-electron chi connectivity index (χ0n) is 15.7. The quantitative estimate of drug-likeness (QED) is 0.385. The summed E-state index contributed by atoms with van der Waals surface area (Å²) in [5.74, 6) is -2.64. The van der Waals surface area contributed by atoms with Crippen molar-refractivity contribution < 1.29 is 34.8 Å². The second kappa shape index (κ2) is 7.44. The number of hydrogen-bond acceptors (Lipinski definition) is 7. The number of hydrogen-bond donors (Lipinski definition) is 4. The van der Waals surface area contributed by atoms with Gasteiger partial charge in [-0.15, -0.1) is 0 Å². The third-order valence-electron chi connectivity index (χ3n) is 5.08. The van der Waals surface area contributed by atoms with Gasteiger partial charge in [-0.05, 0) is 54.8 Å². The summed E-state index contributed by atoms with van der Waals surface area (Å²) in [7, 11) is 0. The first kappa shape index (κ1) is 19.3. The van der Waals surface area contributed by atoms with E-state index in [9.17, 15) is 30.0 Å². The molecule has 152 valence electrons. The number of rotatable bonds is 4. The Morgan fingerprint density at radius 1 is 0.800 bits per heavy atom. The van der Waals surface area contributed by atoms with Crippen LogP contribution in [-0.4, -0.2) is 32.0 Å². The van der Waals surface area contributed by atoms with Gasteiger partial charge >= 0.3 is 0 Å². The summed E-state index contributed by atoms with van der Waals surface area (Å²) in [4.78, 5) is 25.6. The molecule has 1 heterocycles. The monoisotopic (exact) mass is 406 g/mol. The molecule has 0 unspecified atom stereocenters. The minimum Gasteiger partial charge on any atom is -0.508 e. The minimum atomic E-state index is -0.985. The van der Waals surface area contributed by atoms with E-state index in [0.29, 0.717) is 18.4 Å². The summed E-state index contributed by atoms with van der Waals surface area (Å²) in [6.07, 6.45) is 0.366. The van der Waals surface area contributed by atoms with E-state index in [0.717, 1.165) is 11.6 Å². The normalized spacial score (nSPS) is 15.1. The van der Waals surface area contributed by atoms with Crippen molar-refractivity contribution in [3.63, 3.8) is 0 Å². The van der Waals surface area contributed by atoms with Crippen LogP contribution in [0.15, 0.2) is 54.6 Å². The van der Waals surface area contributed by atoms with Gasteiger partial charge < -0.3 is 25.2 Å². The van der Waals surface area contributed by atoms with Crippen molar-refractivity contribution in [3.05, 3.63) is 76.9 Å². The van der Waals surface area contributed by atoms with Crippen molar-refractivity contribution in [2.24, 2.45) is 0 Å². The summed E-state index contributed by atoms with van der Waals surface area (Å²) in [6.45, 7) is 0. The second-order valence-electron chi connectivity index (χ2n) is 7.04. The van der Waals surface area contributed by atoms with Crippen LogP contribution in [-0.2, 0) is 6.42 Å². The van der Waals surface area contributed by atoms with Crippen LogP contribution in [0, 0.1) is 0 Å². The van der Waals surface area contributed by atoms with Gasteiger partial charge in [0.05, 0.1) is 0 Å². The summed E-state index contributed by atoms with van der Waals surface area (Å²) < 4.78 is 5.96. The summed E-state index contributed by atoms with van der Waals surface area (Å²) in [5, 5.41) is 39.5. The third kappa shape index (κ3) is 3.41. The van der Waals surface area contributed by atoms with Crippen LogP contribution >= 0.6 is 0 Å². The molecule has 0 saturated carbocycles. The highest BCUT2D eigenvalue weighted by Gasteiger charge is 2.33. The van der Waals surface area contributed by atoms with E-state index in [1.54, 1.807) is 12.1 Å². The maximum Gasteiger partial charge on any atom is 0.241 e. The summed E-state index contributed by atoms with van der Waals surface area (Å²) >= 11 is 0. The first-order valence-electron chi connectivity index (χ1n) is 9.26. The van der Waals surface area contributed by atoms with Crippen LogP contribution in [0.4, 0.5) is 0 Å². The number of phenolic OH excluding ortho intramolecular Hbond substituents is 4. The molecule has 0 spiro atoms. The number of fused-ring (bicyclic) bond motifs is 1. The Morgan fingerprint density at radius 2 is 1.40 bits per heavy atom. The molecule has 7 heteroatoms. The first-order valence-corrected chi connectivity index (χ1v) is 9.26. The Bertz CT molecular complexity index is 1130. The Kier molecular flexibility index (Phi) is 4.79. The Balaban J connectivity index is 1.74. The van der Waals surface area contributed by atoms with E-state index in [2.05, 4.69) is 0 Å². The zero-order chi connectivity index (χ0) is 21.4. The Morgan fingerprint density at radius 3 is 2.03 bits per heavy atom. The number of ether oxygens (including phenoxy) is 1. The molecule has 0 saturated heterocycles. The SMILES string of the molecule is O=C(C(=O)c1c(O)cc(O)c2c1O[C@H](c1ccc(O)cc1)CC2)c1ccc(O)cc1. The van der Waals surface area contributed by atoms with E-state index in [4.69, 9.17) is 4.74 Å². The lowest BCUT2D eigenvalue weighted by atomic mass is 9.91. The van der Waals surface area contributed by atoms with E-state index >= 15 is 0 Å². The highest BCUT2D eigenvalue weighted by molar-refractivity contribution is 6.50. The second-order valence-corrected chi connectivity index (χ2v) is 7.04. The molecule has 0 bridgehead atoms. The molecule has 0 fully saturated rings. The highest BCUT2D eigenvalue weighted by Crippen LogP contribution is 2.45. The van der Waals surface area contributed by atoms with E-state index in [-0.39, 0.29) is 34.1 Å². The average Bonchev–Trinajstić information content (AvgIpc) is 2.74. The van der Waals surface area contributed by atoms with E-state index in [1.807, 2.05) is 0 Å². The van der Waals surface area contributed by atoms with Crippen LogP contribution in [0.1, 0.15) is 44.4 Å². The fourth-order valence-electron chi connectivity index (χ4n) is 3.52. The molecule has 4 rings (SSSR count). The molecule has 30 heavy (non-hydrogen) atoms. The fraction of sp³-hybridized carbons (Fsp3) is 0.130. The number of carbonyl (C=O) groups is 2. The lowest BCUT2D eigenvalue weighted by Crippen LogP contribution is -2.21. The smallest absolute Gasteiger partial charge is 0.241 e. The fourth-order valence-corrected chi connectivity index (χ4v) is 3.52. The number of Topliss-reactive ketones (excluding diaryl/α,β-unsaturated/α-hetero) is 2. The predicted molar refractivity (Wildman–Crippen MR) is 106 cm³/mol. The molecule has 0 aromatic heterocycles. The number of ketones is 2. The predicted octanol–water partition coefficient (Wildman–Crippen LogP) is 3.64. The van der Waals surface area contributed by atoms with Crippen molar-refractivity contribution in [3.8, 4) is 28.7 Å². The number of carbonyl (C=O) groups excluding carboxylic acids is 2. The summed E-state index contributed by atoms with van der Waals surface area (Å²) in [5.41, 5.74) is 0.809. The van der Waals surface area contributed by atoms with Gasteiger partial charge in [0.1, 0.15) is 40.4 Å². The molecule has 0 radical (unpaired) electrons. The third-order valence-corrected chi connectivity index (χ3v) is 5.08. The van der Waals surface area contributed by atoms with Crippen molar-refractivity contribution in [2.45, 2.75) is 18.9 Å². The topological polar surface area (TPSA) is 124 Å². The van der Waals surface area contributed by atoms with Gasteiger partial charge in [0.25, 0.3) is 0 Å². The van der Waals surface area contributed by atoms with Crippen LogP contribution < -0.4 is 4.74 Å². The van der Waals surface area contributed by atoms with Crippen LogP contribution in [0.25, 0.3) is 0 Å². The van der Waals surface area contributed by atoms with Crippen LogP contribution in [0.5, 0.6) is 28.7 Å². The van der Waals surface area contributed by atoms with Gasteiger partial charge in [-0.2, -0.15) is 0 Å². The number of aromatic hydroxyl groups is 4. The van der Waals surface area contributed by atoms with Gasteiger partial charge in [0, 0.05) is 17.2 Å². The molecule has 1 aliphatic heterocycles. The largest absolute Gasteiger partial charge is 0.508 e. The molecule has 7 nitrogen and oxygen atoms in total. The molecule has 3 aromatic carbocycles. The van der Waals surface area contributed by atoms with Gasteiger partial charge in [-0.3, -0.25) is 9.59 Å². The molecular formula is C23H18O7. The van der Waals surface area contributed by atoms with Gasteiger partial charge in [0.15, 0.2) is 0 Å². The minimum absolute atomic E-state index is 0.0334. The molecule has 0 amide bonds. The lowest BCUT2D eigenvalue weighted by Gasteiger charge is -2.28. The summed E-state index contributed by atoms with van der Waals surface area (Å²) in [6, 6.07) is 12.6. The van der Waals surface area contributed by atoms with Gasteiger partial charge in [-0.25, -0.2) is 0 Å². The number of phenols is 4. The van der Waals surface area contributed by atoms with E-state index in [1.165, 1.54) is 36.4 Å². The molecule has 1 atom stereocenters. The standard InChI is InChI=1S/C23H18O7/c24-14-5-1-12(2-6-14)19-10-9-16-17(26)11-18(27)20(23(16)30-19)22(29)21(28)13-3-7-15(25)8-4-13/h1-8,11,19,24-27H,9-10H2/t19-/m0/s1. The van der Waals surface area contributed by atoms with Crippen molar-refractivity contribution in [1.29, 1.82) is 0 Å². The molecule has 3 aromatic rings. The van der Waals surface area contributed by atoms with Crippen molar-refractivity contribution in [2.75, 3.05) is 0 Å². The maximum absolute atomic E-state index is 13.0. The van der Waals surface area contributed by atoms with Crippen molar-refractivity contribution in [1.82, 2.24) is 0 Å². The van der Waals surface area contributed by atoms with Crippen LogP contribution in [0.3, 0.4) is 0 Å². The molecule has 1 aliphatic rings. The maximum atomic E-state index is 13.0. The molecule has 4 N–H and O–H groups in total. The van der Waals surface area contributed by atoms with Gasteiger partial charge in [0.2, 0.25) is 11.6 Å². The average molecular weight is 406 g/mol.